The number of pyridine rings is 1. The standard InChI is InChI=1S/C20H21F3N6O3/c21-20(22,23)15-4-6-27-17(31)7-16(29-9-12-8-19(29,24)11-32-12)26-18(27)28(15)10-14(30)13-3-1-2-5-25-13/h1-3,5,7,12,15H,4,6,8-11,24H2/t12-,15-,19?/m0/s1. The van der Waals surface area contributed by atoms with Crippen LogP contribution in [-0.4, -0.2) is 64.0 Å². The summed E-state index contributed by atoms with van der Waals surface area (Å²) in [5.41, 5.74) is 5.07. The molecular formula is C20H21F3N6O3. The second-order valence-corrected chi connectivity index (χ2v) is 8.37. The third-order valence-electron chi connectivity index (χ3n) is 6.23. The largest absolute Gasteiger partial charge is 0.408 e. The predicted octanol–water partition coefficient (Wildman–Crippen LogP) is 0.926. The monoisotopic (exact) mass is 450 g/mol. The van der Waals surface area contributed by atoms with Gasteiger partial charge in [-0.2, -0.15) is 18.2 Å². The molecule has 5 rings (SSSR count). The van der Waals surface area contributed by atoms with Gasteiger partial charge in [-0.15, -0.1) is 0 Å². The molecule has 0 aliphatic carbocycles. The van der Waals surface area contributed by atoms with Gasteiger partial charge in [0.15, 0.2) is 5.78 Å². The zero-order chi connectivity index (χ0) is 22.7. The first-order chi connectivity index (χ1) is 15.2. The summed E-state index contributed by atoms with van der Waals surface area (Å²) in [5, 5.41) is 0. The third kappa shape index (κ3) is 3.43. The van der Waals surface area contributed by atoms with Gasteiger partial charge < -0.3 is 20.3 Å². The van der Waals surface area contributed by atoms with Crippen LogP contribution >= 0.6 is 0 Å². The number of nitrogens with zero attached hydrogens (tertiary/aromatic N) is 5. The zero-order valence-electron chi connectivity index (χ0n) is 17.0. The summed E-state index contributed by atoms with van der Waals surface area (Å²) in [6.07, 6.45) is -3.16. The highest BCUT2D eigenvalue weighted by Gasteiger charge is 2.51. The summed E-state index contributed by atoms with van der Waals surface area (Å²) in [6, 6.07) is 3.95. The Bertz CT molecular complexity index is 1110. The zero-order valence-corrected chi connectivity index (χ0v) is 17.0. The Kier molecular flexibility index (Phi) is 4.75. The number of morpholine rings is 1. The van der Waals surface area contributed by atoms with Crippen molar-refractivity contribution in [1.29, 1.82) is 0 Å². The van der Waals surface area contributed by atoms with Crippen LogP contribution in [0.2, 0.25) is 0 Å². The van der Waals surface area contributed by atoms with Crippen molar-refractivity contribution in [3.8, 4) is 0 Å². The predicted molar refractivity (Wildman–Crippen MR) is 107 cm³/mol. The molecule has 170 valence electrons. The number of ketones is 1. The number of halogens is 3. The Labute approximate surface area is 180 Å². The molecule has 3 atom stereocenters. The number of ether oxygens (including phenoxy) is 1. The number of alkyl halides is 3. The molecule has 32 heavy (non-hydrogen) atoms. The SMILES string of the molecule is NC12CO[C@H](CN1c1cc(=O)n3c(n1)N(CC(=O)c1ccccn1)[C@H](C(F)(F)F)CC3)C2. The number of hydrogen-bond donors (Lipinski definition) is 1. The lowest BCUT2D eigenvalue weighted by atomic mass is 10.1. The lowest BCUT2D eigenvalue weighted by molar-refractivity contribution is -0.152. The topological polar surface area (TPSA) is 107 Å². The molecule has 2 N–H and O–H groups in total. The Morgan fingerprint density at radius 3 is 2.78 bits per heavy atom. The van der Waals surface area contributed by atoms with Gasteiger partial charge in [-0.3, -0.25) is 19.1 Å². The second-order valence-electron chi connectivity index (χ2n) is 8.37. The maximum atomic E-state index is 13.9. The van der Waals surface area contributed by atoms with Crippen LogP contribution in [0.25, 0.3) is 0 Å². The first-order valence-electron chi connectivity index (χ1n) is 10.2. The minimum atomic E-state index is -4.61. The van der Waals surface area contributed by atoms with Crippen LogP contribution < -0.4 is 21.1 Å². The summed E-state index contributed by atoms with van der Waals surface area (Å²) >= 11 is 0. The maximum absolute atomic E-state index is 13.9. The molecule has 12 heteroatoms. The van der Waals surface area contributed by atoms with Gasteiger partial charge >= 0.3 is 6.18 Å². The number of carbonyl (C=O) groups is 1. The fourth-order valence-corrected chi connectivity index (χ4v) is 4.67. The van der Waals surface area contributed by atoms with E-state index in [-0.39, 0.29) is 43.1 Å². The summed E-state index contributed by atoms with van der Waals surface area (Å²) < 4.78 is 48.4. The number of aromatic nitrogens is 3. The summed E-state index contributed by atoms with van der Waals surface area (Å²) in [7, 11) is 0. The summed E-state index contributed by atoms with van der Waals surface area (Å²) in [4.78, 5) is 36.5. The molecule has 9 nitrogen and oxygen atoms in total. The molecule has 3 aliphatic rings. The molecule has 0 radical (unpaired) electrons. The van der Waals surface area contributed by atoms with E-state index in [2.05, 4.69) is 9.97 Å². The molecule has 2 saturated heterocycles. The van der Waals surface area contributed by atoms with Gasteiger partial charge in [0.1, 0.15) is 23.2 Å². The van der Waals surface area contributed by atoms with Crippen LogP contribution in [0.1, 0.15) is 23.3 Å². The van der Waals surface area contributed by atoms with E-state index in [0.717, 1.165) is 4.90 Å². The van der Waals surface area contributed by atoms with E-state index in [4.69, 9.17) is 10.5 Å². The highest BCUT2D eigenvalue weighted by molar-refractivity contribution is 5.97. The van der Waals surface area contributed by atoms with Crippen molar-refractivity contribution in [1.82, 2.24) is 14.5 Å². The molecule has 5 heterocycles. The van der Waals surface area contributed by atoms with E-state index in [0.29, 0.717) is 13.0 Å². The van der Waals surface area contributed by atoms with E-state index in [1.807, 2.05) is 0 Å². The summed E-state index contributed by atoms with van der Waals surface area (Å²) in [5.74, 6) is -0.609. The fourth-order valence-electron chi connectivity index (χ4n) is 4.67. The number of nitrogens with two attached hydrogens (primary N) is 1. The molecule has 0 aromatic carbocycles. The van der Waals surface area contributed by atoms with Crippen molar-refractivity contribution < 1.29 is 22.7 Å². The first-order valence-corrected chi connectivity index (χ1v) is 10.2. The van der Waals surface area contributed by atoms with Gasteiger partial charge in [0.05, 0.1) is 19.3 Å². The van der Waals surface area contributed by atoms with Crippen molar-refractivity contribution in [3.05, 3.63) is 46.5 Å². The third-order valence-corrected chi connectivity index (χ3v) is 6.23. The number of rotatable bonds is 4. The number of anilines is 2. The van der Waals surface area contributed by atoms with E-state index in [9.17, 15) is 22.8 Å². The van der Waals surface area contributed by atoms with Crippen molar-refractivity contribution in [3.63, 3.8) is 0 Å². The Morgan fingerprint density at radius 2 is 2.16 bits per heavy atom. The molecular weight excluding hydrogens is 429 g/mol. The van der Waals surface area contributed by atoms with E-state index in [1.54, 1.807) is 17.0 Å². The van der Waals surface area contributed by atoms with Crippen molar-refractivity contribution >= 4 is 17.5 Å². The minimum absolute atomic E-state index is 0.0407. The molecule has 0 amide bonds. The van der Waals surface area contributed by atoms with Crippen LogP contribution in [0.15, 0.2) is 35.3 Å². The van der Waals surface area contributed by atoms with Crippen LogP contribution in [0, 0.1) is 0 Å². The maximum Gasteiger partial charge on any atom is 0.408 e. The molecule has 0 saturated carbocycles. The minimum Gasteiger partial charge on any atom is -0.372 e. The quantitative estimate of drug-likeness (QED) is 0.686. The normalized spacial score (nSPS) is 27.0. The van der Waals surface area contributed by atoms with Gasteiger partial charge in [-0.1, -0.05) is 6.07 Å². The van der Waals surface area contributed by atoms with Gasteiger partial charge in [0, 0.05) is 31.8 Å². The Morgan fingerprint density at radius 1 is 1.34 bits per heavy atom. The summed E-state index contributed by atoms with van der Waals surface area (Å²) in [6.45, 7) is -0.136. The molecule has 2 aromatic rings. The molecule has 2 bridgehead atoms. The molecule has 3 aliphatic heterocycles. The molecule has 2 fully saturated rings. The highest BCUT2D eigenvalue weighted by Crippen LogP contribution is 2.38. The van der Waals surface area contributed by atoms with E-state index < -0.39 is 35.8 Å². The Balaban J connectivity index is 1.56. The van der Waals surface area contributed by atoms with Gasteiger partial charge in [-0.25, -0.2) is 0 Å². The van der Waals surface area contributed by atoms with Gasteiger partial charge in [-0.05, 0) is 18.6 Å². The lowest BCUT2D eigenvalue weighted by Crippen LogP contribution is -2.57. The van der Waals surface area contributed by atoms with Gasteiger partial charge in [0.2, 0.25) is 5.95 Å². The average Bonchev–Trinajstić information content (AvgIpc) is 3.29. The molecule has 1 unspecified atom stereocenters. The smallest absolute Gasteiger partial charge is 0.372 e. The van der Waals surface area contributed by atoms with Crippen LogP contribution in [0.5, 0.6) is 0 Å². The molecule has 0 spiro atoms. The van der Waals surface area contributed by atoms with Crippen molar-refractivity contribution in [2.45, 2.75) is 43.4 Å². The first kappa shape index (κ1) is 20.9. The van der Waals surface area contributed by atoms with E-state index in [1.165, 1.54) is 22.9 Å². The fraction of sp³-hybridized carbons (Fsp3) is 0.500. The second kappa shape index (κ2) is 7.27. The number of fused-ring (bicyclic) bond motifs is 3. The van der Waals surface area contributed by atoms with Crippen LogP contribution in [0.3, 0.4) is 0 Å². The average molecular weight is 450 g/mol. The van der Waals surface area contributed by atoms with Crippen molar-refractivity contribution in [2.75, 3.05) is 29.5 Å². The lowest BCUT2D eigenvalue weighted by Gasteiger charge is -2.40. The highest BCUT2D eigenvalue weighted by atomic mass is 19.4. The van der Waals surface area contributed by atoms with Gasteiger partial charge in [0.25, 0.3) is 5.56 Å². The number of carbonyl (C=O) groups excluding carboxylic acids is 1. The van der Waals surface area contributed by atoms with Crippen molar-refractivity contribution in [2.24, 2.45) is 5.73 Å². The van der Waals surface area contributed by atoms with E-state index >= 15 is 0 Å². The number of Topliss-reactive ketones (excluding diaryl/α,β-unsaturated/α-hetero) is 1. The van der Waals surface area contributed by atoms with Crippen LogP contribution in [0.4, 0.5) is 24.9 Å². The molecule has 2 aromatic heterocycles. The Hall–Kier alpha value is -2.99. The van der Waals surface area contributed by atoms with Crippen LogP contribution in [-0.2, 0) is 11.3 Å². The number of hydrogen-bond acceptors (Lipinski definition) is 8.